The predicted molar refractivity (Wildman–Crippen MR) is 74.4 cm³/mol. The third-order valence-corrected chi connectivity index (χ3v) is 3.06. The van der Waals surface area contributed by atoms with Crippen LogP contribution in [0.25, 0.3) is 0 Å². The quantitative estimate of drug-likeness (QED) is 0.608. The fraction of sp³-hybridized carbons (Fsp3) is 0.467. The first-order chi connectivity index (χ1) is 9.84. The highest BCUT2D eigenvalue weighted by Gasteiger charge is 2.46. The molecule has 116 valence electrons. The van der Waals surface area contributed by atoms with E-state index in [2.05, 4.69) is 0 Å². The minimum atomic E-state index is -1.81. The molecule has 0 heterocycles. The average Bonchev–Trinajstić information content (AvgIpc) is 2.39. The minimum absolute atomic E-state index is 0.0124. The van der Waals surface area contributed by atoms with Crippen LogP contribution in [0.5, 0.6) is 5.75 Å². The molecule has 1 unspecified atom stereocenters. The molecule has 2 N–H and O–H groups in total. The number of hydrogen-bond donors (Lipinski definition) is 2. The predicted octanol–water partition coefficient (Wildman–Crippen LogP) is 1.34. The minimum Gasteiger partial charge on any atom is -0.508 e. The molecule has 1 rings (SSSR count). The zero-order valence-corrected chi connectivity index (χ0v) is 12.3. The monoisotopic (exact) mass is 296 g/mol. The molecule has 6 nitrogen and oxygen atoms in total. The van der Waals surface area contributed by atoms with Crippen molar-refractivity contribution >= 4 is 11.9 Å². The van der Waals surface area contributed by atoms with Gasteiger partial charge in [0.2, 0.25) is 0 Å². The van der Waals surface area contributed by atoms with Gasteiger partial charge in [0.1, 0.15) is 11.4 Å². The molecule has 6 heteroatoms. The molecule has 1 aromatic rings. The molecule has 0 aromatic heterocycles. The number of carbonyl (C=O) groups excluding carboxylic acids is 2. The number of aliphatic hydroxyl groups is 1. The van der Waals surface area contributed by atoms with Crippen molar-refractivity contribution in [1.82, 2.24) is 0 Å². The molecular formula is C15H20O6. The highest BCUT2D eigenvalue weighted by molar-refractivity contribution is 5.96. The van der Waals surface area contributed by atoms with E-state index >= 15 is 0 Å². The van der Waals surface area contributed by atoms with Gasteiger partial charge in [-0.2, -0.15) is 0 Å². The first-order valence-corrected chi connectivity index (χ1v) is 6.69. The van der Waals surface area contributed by atoms with Gasteiger partial charge in [-0.15, -0.1) is 0 Å². The maximum atomic E-state index is 12.0. The molecule has 0 saturated heterocycles. The Morgan fingerprint density at radius 3 is 1.90 bits per heavy atom. The van der Waals surface area contributed by atoms with E-state index in [0.717, 1.165) is 0 Å². The summed E-state index contributed by atoms with van der Waals surface area (Å²) in [6, 6.07) is 5.58. The van der Waals surface area contributed by atoms with E-state index in [-0.39, 0.29) is 19.0 Å². The van der Waals surface area contributed by atoms with Crippen molar-refractivity contribution in [3.05, 3.63) is 29.8 Å². The smallest absolute Gasteiger partial charge is 0.323 e. The number of benzene rings is 1. The number of hydrogen-bond acceptors (Lipinski definition) is 6. The lowest BCUT2D eigenvalue weighted by molar-refractivity contribution is -0.174. The number of carbonyl (C=O) groups is 2. The summed E-state index contributed by atoms with van der Waals surface area (Å²) in [5, 5.41) is 19.9. The van der Waals surface area contributed by atoms with Gasteiger partial charge in [-0.3, -0.25) is 9.59 Å². The van der Waals surface area contributed by atoms with Crippen LogP contribution in [0.2, 0.25) is 0 Å². The summed E-state index contributed by atoms with van der Waals surface area (Å²) in [7, 11) is 0. The highest BCUT2D eigenvalue weighted by Crippen LogP contribution is 2.32. The van der Waals surface area contributed by atoms with Crippen LogP contribution < -0.4 is 0 Å². The van der Waals surface area contributed by atoms with Gasteiger partial charge in [-0.1, -0.05) is 12.1 Å². The summed E-state index contributed by atoms with van der Waals surface area (Å²) in [6.07, 6.45) is 0. The van der Waals surface area contributed by atoms with Crippen LogP contribution in [-0.2, 0) is 24.7 Å². The molecule has 21 heavy (non-hydrogen) atoms. The molecule has 0 aliphatic rings. The summed E-state index contributed by atoms with van der Waals surface area (Å²) < 4.78 is 9.71. The van der Waals surface area contributed by atoms with E-state index in [1.807, 2.05) is 0 Å². The van der Waals surface area contributed by atoms with Crippen molar-refractivity contribution in [3.8, 4) is 5.75 Å². The lowest BCUT2D eigenvalue weighted by Crippen LogP contribution is -2.44. The molecular weight excluding hydrogens is 276 g/mol. The number of ether oxygens (including phenoxy) is 2. The van der Waals surface area contributed by atoms with E-state index in [1.165, 1.54) is 31.2 Å². The molecule has 0 fully saturated rings. The van der Waals surface area contributed by atoms with E-state index in [1.54, 1.807) is 13.8 Å². The van der Waals surface area contributed by atoms with Gasteiger partial charge in [0, 0.05) is 0 Å². The Morgan fingerprint density at radius 2 is 1.52 bits per heavy atom. The molecule has 0 aliphatic heterocycles. The average molecular weight is 296 g/mol. The topological polar surface area (TPSA) is 93.1 Å². The Labute approximate surface area is 123 Å². The van der Waals surface area contributed by atoms with Gasteiger partial charge in [-0.25, -0.2) is 0 Å². The van der Waals surface area contributed by atoms with E-state index in [9.17, 15) is 19.8 Å². The molecule has 0 spiro atoms. The zero-order valence-electron chi connectivity index (χ0n) is 12.3. The van der Waals surface area contributed by atoms with Crippen LogP contribution in [-0.4, -0.2) is 35.4 Å². The molecule has 1 aromatic carbocycles. The second-order valence-corrected chi connectivity index (χ2v) is 4.63. The number of esters is 2. The SMILES string of the molecule is CCOC(=O)C(C(=O)OCC)C(C)(O)c1ccc(O)cc1. The van der Waals surface area contributed by atoms with Crippen LogP contribution in [0.3, 0.4) is 0 Å². The standard InChI is InChI=1S/C15H20O6/c1-4-20-13(17)12(14(18)21-5-2)15(3,19)10-6-8-11(16)9-7-10/h6-9,12,16,19H,4-5H2,1-3H3. The number of phenols is 1. The van der Waals surface area contributed by atoms with E-state index < -0.39 is 23.5 Å². The van der Waals surface area contributed by atoms with Gasteiger partial charge in [0.05, 0.1) is 13.2 Å². The second kappa shape index (κ2) is 7.08. The Morgan fingerprint density at radius 1 is 1.10 bits per heavy atom. The van der Waals surface area contributed by atoms with Crippen molar-refractivity contribution in [2.45, 2.75) is 26.4 Å². The van der Waals surface area contributed by atoms with Crippen LogP contribution in [0.15, 0.2) is 24.3 Å². The summed E-state index contributed by atoms with van der Waals surface area (Å²) in [4.78, 5) is 24.0. The van der Waals surface area contributed by atoms with Crippen LogP contribution >= 0.6 is 0 Å². The number of phenolic OH excluding ortho intramolecular Hbond substituents is 1. The maximum Gasteiger partial charge on any atom is 0.323 e. The summed E-state index contributed by atoms with van der Waals surface area (Å²) in [5.74, 6) is -3.19. The van der Waals surface area contributed by atoms with Gasteiger partial charge >= 0.3 is 11.9 Å². The summed E-state index contributed by atoms with van der Waals surface area (Å²) in [6.45, 7) is 4.71. The molecule has 1 atom stereocenters. The third-order valence-electron chi connectivity index (χ3n) is 3.06. The Bertz CT molecular complexity index is 473. The van der Waals surface area contributed by atoms with Crippen molar-refractivity contribution in [2.75, 3.05) is 13.2 Å². The van der Waals surface area contributed by atoms with Crippen molar-refractivity contribution in [2.24, 2.45) is 5.92 Å². The summed E-state index contributed by atoms with van der Waals surface area (Å²) in [5.41, 5.74) is -1.52. The third kappa shape index (κ3) is 3.95. The van der Waals surface area contributed by atoms with Crippen molar-refractivity contribution in [3.63, 3.8) is 0 Å². The highest BCUT2D eigenvalue weighted by atomic mass is 16.6. The van der Waals surface area contributed by atoms with Gasteiger partial charge in [0.25, 0.3) is 0 Å². The van der Waals surface area contributed by atoms with Crippen LogP contribution in [0.4, 0.5) is 0 Å². The molecule has 0 saturated carbocycles. The first-order valence-electron chi connectivity index (χ1n) is 6.69. The molecule has 0 radical (unpaired) electrons. The normalized spacial score (nSPS) is 13.6. The largest absolute Gasteiger partial charge is 0.508 e. The Hall–Kier alpha value is -2.08. The van der Waals surface area contributed by atoms with Crippen LogP contribution in [0, 0.1) is 5.92 Å². The first kappa shape index (κ1) is 17.0. The number of aromatic hydroxyl groups is 1. The lowest BCUT2D eigenvalue weighted by atomic mass is 9.82. The van der Waals surface area contributed by atoms with E-state index in [0.29, 0.717) is 5.56 Å². The van der Waals surface area contributed by atoms with Crippen molar-refractivity contribution < 1.29 is 29.3 Å². The summed E-state index contributed by atoms with van der Waals surface area (Å²) >= 11 is 0. The molecule has 0 bridgehead atoms. The fourth-order valence-corrected chi connectivity index (χ4v) is 1.97. The maximum absolute atomic E-state index is 12.0. The molecule has 0 aliphatic carbocycles. The second-order valence-electron chi connectivity index (χ2n) is 4.63. The van der Waals surface area contributed by atoms with Gasteiger partial charge < -0.3 is 19.7 Å². The van der Waals surface area contributed by atoms with Gasteiger partial charge in [0.15, 0.2) is 5.92 Å². The lowest BCUT2D eigenvalue weighted by Gasteiger charge is -2.30. The number of rotatable bonds is 6. The van der Waals surface area contributed by atoms with Crippen LogP contribution in [0.1, 0.15) is 26.3 Å². The Kier molecular flexibility index (Phi) is 5.72. The van der Waals surface area contributed by atoms with E-state index in [4.69, 9.17) is 9.47 Å². The fourth-order valence-electron chi connectivity index (χ4n) is 1.97. The zero-order chi connectivity index (χ0) is 16.0. The van der Waals surface area contributed by atoms with Crippen molar-refractivity contribution in [1.29, 1.82) is 0 Å². The molecule has 0 amide bonds. The van der Waals surface area contributed by atoms with Gasteiger partial charge in [-0.05, 0) is 38.5 Å². The Balaban J connectivity index is 3.18.